The smallest absolute Gasteiger partial charge is 0.115 e. The molecular weight excluding hydrogens is 260 g/mol. The van der Waals surface area contributed by atoms with Gasteiger partial charge in [0.25, 0.3) is 0 Å². The number of nitrogens with zero attached hydrogens (tertiary/aromatic N) is 2. The first kappa shape index (κ1) is 13.1. The maximum absolute atomic E-state index is 10.5. The van der Waals surface area contributed by atoms with Crippen LogP contribution in [-0.4, -0.2) is 16.7 Å². The van der Waals surface area contributed by atoms with E-state index >= 15 is 0 Å². The van der Waals surface area contributed by atoms with Crippen molar-refractivity contribution in [2.45, 2.75) is 5.03 Å². The highest BCUT2D eigenvalue weighted by Crippen LogP contribution is 2.24. The molecule has 0 spiro atoms. The maximum atomic E-state index is 10.5. The van der Waals surface area contributed by atoms with Crippen LogP contribution in [-0.2, 0) is 4.79 Å². The minimum absolute atomic E-state index is 0.222. The third-order valence-corrected chi connectivity index (χ3v) is 3.34. The van der Waals surface area contributed by atoms with Crippen molar-refractivity contribution >= 4 is 17.7 Å². The van der Waals surface area contributed by atoms with Gasteiger partial charge in [0.1, 0.15) is 11.1 Å². The number of aliphatic carboxylic acids is 1. The molecule has 0 radical (unpaired) electrons. The zero-order valence-corrected chi connectivity index (χ0v) is 10.7. The number of thioether (sulfide) groups is 1. The van der Waals surface area contributed by atoms with E-state index in [-0.39, 0.29) is 5.75 Å². The molecule has 19 heavy (non-hydrogen) atoms. The van der Waals surface area contributed by atoms with Crippen LogP contribution in [0.2, 0.25) is 0 Å². The average Bonchev–Trinajstić information content (AvgIpc) is 2.45. The summed E-state index contributed by atoms with van der Waals surface area (Å²) in [4.78, 5) is 14.8. The van der Waals surface area contributed by atoms with Gasteiger partial charge in [-0.05, 0) is 12.1 Å². The van der Waals surface area contributed by atoms with Crippen LogP contribution in [0.25, 0.3) is 11.3 Å². The van der Waals surface area contributed by atoms with Crippen molar-refractivity contribution in [1.29, 1.82) is 5.26 Å². The lowest BCUT2D eigenvalue weighted by atomic mass is 10.1. The van der Waals surface area contributed by atoms with Crippen LogP contribution in [0.15, 0.2) is 47.5 Å². The Morgan fingerprint density at radius 3 is 2.63 bits per heavy atom. The molecule has 0 atom stereocenters. The summed E-state index contributed by atoms with van der Waals surface area (Å²) in [5, 5.41) is 19.9. The first-order valence-electron chi connectivity index (χ1n) is 5.50. The Hall–Kier alpha value is -2.32. The van der Waals surface area contributed by atoms with E-state index < -0.39 is 5.97 Å². The van der Waals surface area contributed by atoms with E-state index in [2.05, 4.69) is 4.98 Å². The van der Waals surface area contributed by atoms with Crippen LogP contribution in [0.1, 0.15) is 5.56 Å². The number of hydrogen-bond acceptors (Lipinski definition) is 5. The largest absolute Gasteiger partial charge is 0.549 e. The second kappa shape index (κ2) is 6.03. The molecule has 0 aliphatic heterocycles. The maximum Gasteiger partial charge on any atom is 0.115 e. The highest BCUT2D eigenvalue weighted by molar-refractivity contribution is 7.99. The number of carbonyl (C=O) groups excluding carboxylic acids is 1. The summed E-state index contributed by atoms with van der Waals surface area (Å²) >= 11 is 0.993. The molecule has 2 aromatic rings. The highest BCUT2D eigenvalue weighted by atomic mass is 32.2. The minimum Gasteiger partial charge on any atom is -0.549 e. The first-order chi connectivity index (χ1) is 9.20. The molecule has 0 aliphatic rings. The van der Waals surface area contributed by atoms with E-state index in [1.54, 1.807) is 12.1 Å². The third kappa shape index (κ3) is 3.33. The Bertz CT molecular complexity index is 636. The number of rotatable bonds is 4. The van der Waals surface area contributed by atoms with Crippen LogP contribution in [0.3, 0.4) is 0 Å². The van der Waals surface area contributed by atoms with Gasteiger partial charge in [-0.15, -0.1) is 0 Å². The van der Waals surface area contributed by atoms with Crippen LogP contribution >= 0.6 is 11.8 Å². The second-order valence-corrected chi connectivity index (χ2v) is 4.65. The van der Waals surface area contributed by atoms with Gasteiger partial charge in [0.2, 0.25) is 0 Å². The molecule has 1 aromatic heterocycles. The summed E-state index contributed by atoms with van der Waals surface area (Å²) in [6.45, 7) is 0. The standard InChI is InChI=1S/C14H10N2O2S/c15-8-11-6-7-12(10-4-2-1-3-5-10)16-14(11)19-9-13(17)18/h1-7H,9H2,(H,17,18)/p-1. The molecule has 0 amide bonds. The molecule has 4 nitrogen and oxygen atoms in total. The van der Waals surface area contributed by atoms with E-state index in [0.29, 0.717) is 16.3 Å². The summed E-state index contributed by atoms with van der Waals surface area (Å²) in [6.07, 6.45) is 0. The van der Waals surface area contributed by atoms with Crippen molar-refractivity contribution in [2.75, 3.05) is 5.75 Å². The highest BCUT2D eigenvalue weighted by Gasteiger charge is 2.07. The normalized spacial score (nSPS) is 9.84. The Labute approximate surface area is 114 Å². The number of pyridine rings is 1. The fourth-order valence-corrected chi connectivity index (χ4v) is 2.22. The van der Waals surface area contributed by atoms with Crippen molar-refractivity contribution in [3.8, 4) is 17.3 Å². The number of hydrogen-bond donors (Lipinski definition) is 0. The molecule has 2 rings (SSSR count). The topological polar surface area (TPSA) is 76.8 Å². The van der Waals surface area contributed by atoms with Crippen LogP contribution in [0, 0.1) is 11.3 Å². The molecule has 94 valence electrons. The lowest BCUT2D eigenvalue weighted by Gasteiger charge is -2.07. The molecule has 1 heterocycles. The van der Waals surface area contributed by atoms with Crippen molar-refractivity contribution in [3.63, 3.8) is 0 Å². The van der Waals surface area contributed by atoms with Crippen molar-refractivity contribution < 1.29 is 9.90 Å². The number of aromatic nitrogens is 1. The van der Waals surface area contributed by atoms with Gasteiger partial charge in [-0.25, -0.2) is 4.98 Å². The van der Waals surface area contributed by atoms with Crippen LogP contribution < -0.4 is 5.11 Å². The summed E-state index contributed by atoms with van der Waals surface area (Å²) in [6, 6.07) is 14.9. The van der Waals surface area contributed by atoms with Gasteiger partial charge >= 0.3 is 0 Å². The molecule has 5 heteroatoms. The third-order valence-electron chi connectivity index (χ3n) is 2.38. The molecule has 0 saturated carbocycles. The number of benzene rings is 1. The van der Waals surface area contributed by atoms with Crippen molar-refractivity contribution in [1.82, 2.24) is 4.98 Å². The quantitative estimate of drug-likeness (QED) is 0.785. The van der Waals surface area contributed by atoms with Gasteiger partial charge in [-0.1, -0.05) is 42.1 Å². The fourth-order valence-electron chi connectivity index (χ4n) is 1.53. The molecule has 0 fully saturated rings. The van der Waals surface area contributed by atoms with Gasteiger partial charge in [0, 0.05) is 11.3 Å². The zero-order valence-electron chi connectivity index (χ0n) is 9.87. The summed E-state index contributed by atoms with van der Waals surface area (Å²) in [7, 11) is 0. The predicted octanol–water partition coefficient (Wildman–Crippen LogP) is 1.46. The number of carbonyl (C=O) groups is 1. The van der Waals surface area contributed by atoms with Gasteiger partial charge in [0.05, 0.1) is 17.2 Å². The van der Waals surface area contributed by atoms with Crippen molar-refractivity contribution in [2.24, 2.45) is 0 Å². The molecule has 1 aromatic carbocycles. The molecular formula is C14H9N2O2S-. The molecule has 0 aliphatic carbocycles. The molecule has 0 bridgehead atoms. The lowest BCUT2D eigenvalue weighted by molar-refractivity contribution is -0.301. The number of nitriles is 1. The summed E-state index contributed by atoms with van der Waals surface area (Å²) in [5.41, 5.74) is 1.99. The first-order valence-corrected chi connectivity index (χ1v) is 6.48. The van der Waals surface area contributed by atoms with Crippen molar-refractivity contribution in [3.05, 3.63) is 48.0 Å². The van der Waals surface area contributed by atoms with Crippen LogP contribution in [0.4, 0.5) is 0 Å². The minimum atomic E-state index is -1.18. The zero-order chi connectivity index (χ0) is 13.7. The fraction of sp³-hybridized carbons (Fsp3) is 0.0714. The Kier molecular flexibility index (Phi) is 4.16. The summed E-state index contributed by atoms with van der Waals surface area (Å²) in [5.74, 6) is -1.40. The Balaban J connectivity index is 2.36. The van der Waals surface area contributed by atoms with Gasteiger partial charge < -0.3 is 9.90 Å². The average molecular weight is 269 g/mol. The Morgan fingerprint density at radius 2 is 2.00 bits per heavy atom. The van der Waals surface area contributed by atoms with Crippen LogP contribution in [0.5, 0.6) is 0 Å². The lowest BCUT2D eigenvalue weighted by Crippen LogP contribution is -2.24. The van der Waals surface area contributed by atoms with E-state index in [0.717, 1.165) is 17.3 Å². The van der Waals surface area contributed by atoms with E-state index in [1.165, 1.54) is 0 Å². The number of carboxylic acids is 1. The van der Waals surface area contributed by atoms with E-state index in [4.69, 9.17) is 5.26 Å². The monoisotopic (exact) mass is 269 g/mol. The molecule has 0 N–H and O–H groups in total. The van der Waals surface area contributed by atoms with Gasteiger partial charge in [0.15, 0.2) is 0 Å². The van der Waals surface area contributed by atoms with Gasteiger partial charge in [-0.2, -0.15) is 5.26 Å². The molecule has 0 saturated heterocycles. The van der Waals surface area contributed by atoms with Gasteiger partial charge in [-0.3, -0.25) is 0 Å². The Morgan fingerprint density at radius 1 is 1.26 bits per heavy atom. The SMILES string of the molecule is N#Cc1ccc(-c2ccccc2)nc1SCC(=O)[O-]. The van der Waals surface area contributed by atoms with E-state index in [9.17, 15) is 9.90 Å². The molecule has 0 unspecified atom stereocenters. The summed E-state index contributed by atoms with van der Waals surface area (Å²) < 4.78 is 0. The van der Waals surface area contributed by atoms with E-state index in [1.807, 2.05) is 36.4 Å². The second-order valence-electron chi connectivity index (χ2n) is 3.69. The number of carboxylic acid groups (broad SMARTS) is 1. The predicted molar refractivity (Wildman–Crippen MR) is 70.1 cm³/mol.